The summed E-state index contributed by atoms with van der Waals surface area (Å²) in [5.41, 5.74) is -1.48. The van der Waals surface area contributed by atoms with Crippen LogP contribution in [0.4, 0.5) is 9.18 Å². The first-order chi connectivity index (χ1) is 8.19. The minimum absolute atomic E-state index is 0.0141. The molecule has 18 heavy (non-hydrogen) atoms. The van der Waals surface area contributed by atoms with E-state index in [1.165, 1.54) is 6.92 Å². The fourth-order valence-corrected chi connectivity index (χ4v) is 1.18. The number of carbonyl (C=O) groups is 1. The molecule has 0 radical (unpaired) electrons. The van der Waals surface area contributed by atoms with Crippen molar-refractivity contribution in [1.82, 2.24) is 15.3 Å². The van der Waals surface area contributed by atoms with Crippen molar-refractivity contribution in [1.29, 1.82) is 0 Å². The van der Waals surface area contributed by atoms with Crippen molar-refractivity contribution in [2.75, 3.05) is 0 Å². The van der Waals surface area contributed by atoms with Gasteiger partial charge in [0.2, 0.25) is 5.82 Å². The van der Waals surface area contributed by atoms with Crippen LogP contribution in [0.1, 0.15) is 32.3 Å². The molecule has 0 aromatic carbocycles. The maximum Gasteiger partial charge on any atom is 0.408 e. The Morgan fingerprint density at radius 2 is 2.11 bits per heavy atom. The first kappa shape index (κ1) is 14.1. The quantitative estimate of drug-likeness (QED) is 0.835. The van der Waals surface area contributed by atoms with Gasteiger partial charge in [-0.15, -0.1) is 0 Å². The van der Waals surface area contributed by atoms with Crippen LogP contribution < -0.4 is 10.9 Å². The molecule has 7 heteroatoms. The number of aromatic nitrogens is 2. The number of rotatable bonds is 2. The van der Waals surface area contributed by atoms with E-state index in [2.05, 4.69) is 15.3 Å². The maximum atomic E-state index is 13.0. The normalized spacial score (nSPS) is 11.2. The molecule has 1 aromatic rings. The molecule has 0 bridgehead atoms. The average Bonchev–Trinajstić information content (AvgIpc) is 2.20. The van der Waals surface area contributed by atoms with Gasteiger partial charge in [0, 0.05) is 0 Å². The molecule has 0 unspecified atom stereocenters. The van der Waals surface area contributed by atoms with E-state index in [1.807, 2.05) is 0 Å². The van der Waals surface area contributed by atoms with Crippen LogP contribution in [0.2, 0.25) is 0 Å². The Balaban J connectivity index is 2.65. The van der Waals surface area contributed by atoms with E-state index in [1.54, 1.807) is 20.8 Å². The molecular weight excluding hydrogens is 241 g/mol. The summed E-state index contributed by atoms with van der Waals surface area (Å²) >= 11 is 0. The number of aromatic amines is 1. The Bertz CT molecular complexity index is 505. The highest BCUT2D eigenvalue weighted by molar-refractivity contribution is 5.67. The summed E-state index contributed by atoms with van der Waals surface area (Å²) in [4.78, 5) is 28.5. The van der Waals surface area contributed by atoms with Crippen LogP contribution in [0.3, 0.4) is 0 Å². The van der Waals surface area contributed by atoms with Crippen molar-refractivity contribution in [3.63, 3.8) is 0 Å². The second kappa shape index (κ2) is 5.16. The Kier molecular flexibility index (Phi) is 4.05. The number of halogens is 1. The van der Waals surface area contributed by atoms with Crippen LogP contribution >= 0.6 is 0 Å². The van der Waals surface area contributed by atoms with Crippen LogP contribution in [0.25, 0.3) is 0 Å². The summed E-state index contributed by atoms with van der Waals surface area (Å²) < 4.78 is 18.0. The van der Waals surface area contributed by atoms with E-state index in [0.717, 1.165) is 0 Å². The first-order valence-electron chi connectivity index (χ1n) is 5.41. The lowest BCUT2D eigenvalue weighted by molar-refractivity contribution is 0.0522. The van der Waals surface area contributed by atoms with E-state index in [9.17, 15) is 14.0 Å². The van der Waals surface area contributed by atoms with Crippen molar-refractivity contribution in [3.05, 3.63) is 27.7 Å². The topological polar surface area (TPSA) is 84.1 Å². The summed E-state index contributed by atoms with van der Waals surface area (Å²) in [6.07, 6.45) is -0.632. The summed E-state index contributed by atoms with van der Waals surface area (Å²) in [6.45, 7) is 6.53. The second-order valence-corrected chi connectivity index (χ2v) is 4.77. The van der Waals surface area contributed by atoms with Crippen LogP contribution in [0.5, 0.6) is 0 Å². The van der Waals surface area contributed by atoms with Crippen molar-refractivity contribution in [3.8, 4) is 0 Å². The van der Waals surface area contributed by atoms with Crippen molar-refractivity contribution in [2.24, 2.45) is 0 Å². The fourth-order valence-electron chi connectivity index (χ4n) is 1.18. The molecule has 0 fully saturated rings. The third-order valence-electron chi connectivity index (χ3n) is 1.88. The predicted octanol–water partition coefficient (Wildman–Crippen LogP) is 1.24. The SMILES string of the molecule is Cc1nc(CNC(=O)OC(C)(C)C)[nH]c(=O)c1F. The molecule has 0 spiro atoms. The number of hydrogen-bond acceptors (Lipinski definition) is 4. The summed E-state index contributed by atoms with van der Waals surface area (Å²) in [5.74, 6) is -0.749. The third kappa shape index (κ3) is 4.15. The molecule has 0 atom stereocenters. The summed E-state index contributed by atoms with van der Waals surface area (Å²) in [7, 11) is 0. The van der Waals surface area contributed by atoms with E-state index in [-0.39, 0.29) is 18.1 Å². The number of nitrogens with one attached hydrogen (secondary N) is 2. The third-order valence-corrected chi connectivity index (χ3v) is 1.88. The lowest BCUT2D eigenvalue weighted by Gasteiger charge is -2.19. The lowest BCUT2D eigenvalue weighted by Crippen LogP contribution is -2.33. The molecule has 1 aromatic heterocycles. The highest BCUT2D eigenvalue weighted by Gasteiger charge is 2.16. The lowest BCUT2D eigenvalue weighted by atomic mass is 10.2. The van der Waals surface area contributed by atoms with Gasteiger partial charge in [-0.3, -0.25) is 4.79 Å². The van der Waals surface area contributed by atoms with Crippen molar-refractivity contribution >= 4 is 6.09 Å². The Morgan fingerprint density at radius 3 is 2.61 bits per heavy atom. The van der Waals surface area contributed by atoms with E-state index in [0.29, 0.717) is 0 Å². The van der Waals surface area contributed by atoms with Crippen molar-refractivity contribution in [2.45, 2.75) is 39.8 Å². The number of ether oxygens (including phenoxy) is 1. The number of nitrogens with zero attached hydrogens (tertiary/aromatic N) is 1. The van der Waals surface area contributed by atoms with Crippen LogP contribution in [-0.2, 0) is 11.3 Å². The number of amides is 1. The van der Waals surface area contributed by atoms with Gasteiger partial charge in [0.25, 0.3) is 5.56 Å². The van der Waals surface area contributed by atoms with Gasteiger partial charge in [-0.1, -0.05) is 0 Å². The fraction of sp³-hybridized carbons (Fsp3) is 0.545. The van der Waals surface area contributed by atoms with Crippen molar-refractivity contribution < 1.29 is 13.9 Å². The smallest absolute Gasteiger partial charge is 0.408 e. The highest BCUT2D eigenvalue weighted by atomic mass is 19.1. The zero-order valence-electron chi connectivity index (χ0n) is 10.8. The molecular formula is C11H16FN3O3. The van der Waals surface area contributed by atoms with Gasteiger partial charge in [0.15, 0.2) is 0 Å². The largest absolute Gasteiger partial charge is 0.444 e. The Labute approximate surface area is 104 Å². The minimum atomic E-state index is -0.920. The standard InChI is InChI=1S/C11H16FN3O3/c1-6-8(12)9(16)15-7(14-6)5-13-10(17)18-11(2,3)4/h5H2,1-4H3,(H,13,17)(H,14,15,16). The van der Waals surface area contributed by atoms with E-state index in [4.69, 9.17) is 4.74 Å². The predicted molar refractivity (Wildman–Crippen MR) is 62.6 cm³/mol. The highest BCUT2D eigenvalue weighted by Crippen LogP contribution is 2.06. The Hall–Kier alpha value is -1.92. The van der Waals surface area contributed by atoms with Gasteiger partial charge in [-0.2, -0.15) is 4.39 Å². The van der Waals surface area contributed by atoms with Gasteiger partial charge in [-0.25, -0.2) is 9.78 Å². The van der Waals surface area contributed by atoms with Crippen LogP contribution in [-0.4, -0.2) is 21.7 Å². The molecule has 0 aliphatic heterocycles. The maximum absolute atomic E-state index is 13.0. The van der Waals surface area contributed by atoms with E-state index < -0.39 is 23.1 Å². The zero-order chi connectivity index (χ0) is 13.9. The van der Waals surface area contributed by atoms with Gasteiger partial charge in [0.1, 0.15) is 11.4 Å². The Morgan fingerprint density at radius 1 is 1.50 bits per heavy atom. The number of H-pyrrole nitrogens is 1. The zero-order valence-corrected chi connectivity index (χ0v) is 10.8. The summed E-state index contributed by atoms with van der Waals surface area (Å²) in [5, 5.41) is 2.41. The molecule has 1 amide bonds. The number of hydrogen-bond donors (Lipinski definition) is 2. The van der Waals surface area contributed by atoms with Gasteiger partial charge < -0.3 is 15.0 Å². The summed E-state index contributed by atoms with van der Waals surface area (Å²) in [6, 6.07) is 0. The average molecular weight is 257 g/mol. The molecule has 0 saturated heterocycles. The van der Waals surface area contributed by atoms with E-state index >= 15 is 0 Å². The van der Waals surface area contributed by atoms with Gasteiger partial charge in [-0.05, 0) is 27.7 Å². The molecule has 0 saturated carbocycles. The monoisotopic (exact) mass is 257 g/mol. The molecule has 1 rings (SSSR count). The first-order valence-corrected chi connectivity index (χ1v) is 5.41. The number of carbonyl (C=O) groups excluding carboxylic acids is 1. The second-order valence-electron chi connectivity index (χ2n) is 4.77. The van der Waals surface area contributed by atoms with Crippen LogP contribution in [0, 0.1) is 12.7 Å². The van der Waals surface area contributed by atoms with Gasteiger partial charge >= 0.3 is 6.09 Å². The molecule has 100 valence electrons. The molecule has 0 aliphatic carbocycles. The number of aryl methyl sites for hydroxylation is 1. The molecule has 2 N–H and O–H groups in total. The van der Waals surface area contributed by atoms with Gasteiger partial charge in [0.05, 0.1) is 12.2 Å². The molecule has 6 nitrogen and oxygen atoms in total. The minimum Gasteiger partial charge on any atom is -0.444 e. The molecule has 0 aliphatic rings. The van der Waals surface area contributed by atoms with Crippen LogP contribution in [0.15, 0.2) is 4.79 Å². The number of alkyl carbamates (subject to hydrolysis) is 1. The molecule has 1 heterocycles.